The van der Waals surface area contributed by atoms with E-state index in [2.05, 4.69) is 17.1 Å². The summed E-state index contributed by atoms with van der Waals surface area (Å²) < 4.78 is 5.31. The summed E-state index contributed by atoms with van der Waals surface area (Å²) in [6.07, 6.45) is 0.924. The van der Waals surface area contributed by atoms with Gasteiger partial charge in [0, 0.05) is 25.7 Å². The van der Waals surface area contributed by atoms with E-state index in [4.69, 9.17) is 10.5 Å². The predicted octanol–water partition coefficient (Wildman–Crippen LogP) is 0.197. The fraction of sp³-hybridized carbons (Fsp3) is 0.923. The molecule has 0 spiro atoms. The highest BCUT2D eigenvalue weighted by Gasteiger charge is 2.21. The largest absolute Gasteiger partial charge is 0.379 e. The van der Waals surface area contributed by atoms with Crippen molar-refractivity contribution in [3.63, 3.8) is 0 Å². The molecule has 0 bridgehead atoms. The maximum Gasteiger partial charge on any atom is 0.237 e. The lowest BCUT2D eigenvalue weighted by molar-refractivity contribution is -0.123. The Morgan fingerprint density at radius 1 is 1.39 bits per heavy atom. The summed E-state index contributed by atoms with van der Waals surface area (Å²) in [5, 5.41) is 2.95. The van der Waals surface area contributed by atoms with Crippen molar-refractivity contribution in [2.24, 2.45) is 11.7 Å². The molecule has 0 aromatic rings. The number of morpholine rings is 1. The van der Waals surface area contributed by atoms with Crippen LogP contribution in [-0.2, 0) is 9.53 Å². The van der Waals surface area contributed by atoms with Crippen LogP contribution in [0.4, 0.5) is 0 Å². The van der Waals surface area contributed by atoms with Crippen LogP contribution in [0.2, 0.25) is 0 Å². The Balaban J connectivity index is 2.28. The molecule has 1 aliphatic rings. The van der Waals surface area contributed by atoms with E-state index in [1.165, 1.54) is 0 Å². The normalized spacial score (nSPS) is 22.2. The lowest BCUT2D eigenvalue weighted by Crippen LogP contribution is -2.51. The molecule has 3 atom stereocenters. The van der Waals surface area contributed by atoms with Crippen molar-refractivity contribution in [2.45, 2.75) is 39.3 Å². The van der Waals surface area contributed by atoms with E-state index in [1.54, 1.807) is 0 Å². The summed E-state index contributed by atoms with van der Waals surface area (Å²) in [4.78, 5) is 14.2. The Morgan fingerprint density at radius 2 is 2.00 bits per heavy atom. The topological polar surface area (TPSA) is 67.6 Å². The minimum absolute atomic E-state index is 0.0375. The maximum absolute atomic E-state index is 11.9. The second kappa shape index (κ2) is 7.71. The van der Waals surface area contributed by atoms with Crippen LogP contribution in [0.3, 0.4) is 0 Å². The first kappa shape index (κ1) is 15.4. The zero-order valence-corrected chi connectivity index (χ0v) is 11.8. The van der Waals surface area contributed by atoms with Gasteiger partial charge in [-0.25, -0.2) is 0 Å². The highest BCUT2D eigenvalue weighted by atomic mass is 16.5. The van der Waals surface area contributed by atoms with Crippen LogP contribution in [0.25, 0.3) is 0 Å². The maximum atomic E-state index is 11.9. The van der Waals surface area contributed by atoms with E-state index in [1.807, 2.05) is 13.8 Å². The smallest absolute Gasteiger partial charge is 0.237 e. The summed E-state index contributed by atoms with van der Waals surface area (Å²) in [6, 6.07) is -0.0612. The monoisotopic (exact) mass is 257 g/mol. The van der Waals surface area contributed by atoms with Gasteiger partial charge < -0.3 is 15.8 Å². The lowest BCUT2D eigenvalue weighted by atomic mass is 9.99. The van der Waals surface area contributed by atoms with Crippen molar-refractivity contribution < 1.29 is 9.53 Å². The van der Waals surface area contributed by atoms with Crippen LogP contribution in [0.15, 0.2) is 0 Å². The molecule has 106 valence electrons. The zero-order chi connectivity index (χ0) is 13.5. The molecule has 1 aliphatic heterocycles. The van der Waals surface area contributed by atoms with Crippen LogP contribution >= 0.6 is 0 Å². The molecule has 1 amide bonds. The summed E-state index contributed by atoms with van der Waals surface area (Å²) >= 11 is 0. The number of carbonyl (C=O) groups is 1. The van der Waals surface area contributed by atoms with Crippen molar-refractivity contribution in [3.8, 4) is 0 Å². The van der Waals surface area contributed by atoms with E-state index in [0.29, 0.717) is 12.6 Å². The third-order valence-corrected chi connectivity index (χ3v) is 3.80. The van der Waals surface area contributed by atoms with Gasteiger partial charge in [0.05, 0.1) is 19.3 Å². The van der Waals surface area contributed by atoms with Crippen LogP contribution < -0.4 is 11.1 Å². The minimum atomic E-state index is -0.396. The Kier molecular flexibility index (Phi) is 6.60. The fourth-order valence-electron chi connectivity index (χ4n) is 2.03. The van der Waals surface area contributed by atoms with Crippen LogP contribution in [0.1, 0.15) is 27.2 Å². The molecule has 2 unspecified atom stereocenters. The van der Waals surface area contributed by atoms with E-state index in [-0.39, 0.29) is 11.8 Å². The number of ether oxygens (including phenoxy) is 1. The number of nitrogens with two attached hydrogens (primary N) is 1. The first-order valence-corrected chi connectivity index (χ1v) is 6.91. The van der Waals surface area contributed by atoms with Gasteiger partial charge in [-0.05, 0) is 12.8 Å². The quantitative estimate of drug-likeness (QED) is 0.713. The average molecular weight is 257 g/mol. The second-order valence-corrected chi connectivity index (χ2v) is 5.15. The SMILES string of the molecule is CC[C@H](C)C(N)C(=O)NCC(C)N1CCOCC1. The third-order valence-electron chi connectivity index (χ3n) is 3.80. The van der Waals surface area contributed by atoms with E-state index in [9.17, 15) is 4.79 Å². The van der Waals surface area contributed by atoms with E-state index in [0.717, 1.165) is 32.7 Å². The average Bonchev–Trinajstić information content (AvgIpc) is 2.43. The Bertz CT molecular complexity index is 255. The van der Waals surface area contributed by atoms with E-state index >= 15 is 0 Å². The molecule has 0 aromatic heterocycles. The van der Waals surface area contributed by atoms with Gasteiger partial charge >= 0.3 is 0 Å². The molecule has 1 heterocycles. The Labute approximate surface area is 110 Å². The van der Waals surface area contributed by atoms with Crippen molar-refractivity contribution in [3.05, 3.63) is 0 Å². The Hall–Kier alpha value is -0.650. The first-order valence-electron chi connectivity index (χ1n) is 6.91. The molecule has 5 nitrogen and oxygen atoms in total. The molecule has 3 N–H and O–H groups in total. The van der Waals surface area contributed by atoms with Gasteiger partial charge in [-0.1, -0.05) is 20.3 Å². The van der Waals surface area contributed by atoms with Crippen molar-refractivity contribution >= 4 is 5.91 Å². The summed E-state index contributed by atoms with van der Waals surface area (Å²) in [7, 11) is 0. The number of nitrogens with one attached hydrogen (secondary N) is 1. The van der Waals surface area contributed by atoms with Gasteiger partial charge in [-0.2, -0.15) is 0 Å². The molecule has 1 rings (SSSR count). The second-order valence-electron chi connectivity index (χ2n) is 5.15. The van der Waals surface area contributed by atoms with Crippen LogP contribution in [0.5, 0.6) is 0 Å². The number of rotatable bonds is 6. The van der Waals surface area contributed by atoms with Gasteiger partial charge in [-0.3, -0.25) is 9.69 Å². The molecule has 5 heteroatoms. The van der Waals surface area contributed by atoms with Gasteiger partial charge in [0.15, 0.2) is 0 Å². The summed E-state index contributed by atoms with van der Waals surface area (Å²) in [5.41, 5.74) is 5.89. The summed E-state index contributed by atoms with van der Waals surface area (Å²) in [6.45, 7) is 10.3. The standard InChI is InChI=1S/C13H27N3O2/c1-4-10(2)12(14)13(17)15-9-11(3)16-5-7-18-8-6-16/h10-12H,4-9,14H2,1-3H3,(H,15,17)/t10-,11?,12?/m0/s1. The van der Waals surface area contributed by atoms with Gasteiger partial charge in [0.25, 0.3) is 0 Å². The number of hydrogen-bond acceptors (Lipinski definition) is 4. The predicted molar refractivity (Wildman–Crippen MR) is 72.3 cm³/mol. The van der Waals surface area contributed by atoms with Crippen molar-refractivity contribution in [1.82, 2.24) is 10.2 Å². The van der Waals surface area contributed by atoms with E-state index < -0.39 is 6.04 Å². The molecular formula is C13H27N3O2. The van der Waals surface area contributed by atoms with Crippen LogP contribution in [0, 0.1) is 5.92 Å². The zero-order valence-electron chi connectivity index (χ0n) is 11.8. The molecule has 0 aromatic carbocycles. The minimum Gasteiger partial charge on any atom is -0.379 e. The number of hydrogen-bond donors (Lipinski definition) is 2. The molecular weight excluding hydrogens is 230 g/mol. The van der Waals surface area contributed by atoms with Gasteiger partial charge in [-0.15, -0.1) is 0 Å². The number of nitrogens with zero attached hydrogens (tertiary/aromatic N) is 1. The summed E-state index contributed by atoms with van der Waals surface area (Å²) in [5.74, 6) is 0.188. The number of amides is 1. The highest BCUT2D eigenvalue weighted by Crippen LogP contribution is 2.06. The van der Waals surface area contributed by atoms with Crippen molar-refractivity contribution in [1.29, 1.82) is 0 Å². The molecule has 18 heavy (non-hydrogen) atoms. The van der Waals surface area contributed by atoms with Gasteiger partial charge in [0.1, 0.15) is 0 Å². The molecule has 1 saturated heterocycles. The molecule has 0 saturated carbocycles. The number of carbonyl (C=O) groups excluding carboxylic acids is 1. The van der Waals surface area contributed by atoms with Gasteiger partial charge in [0.2, 0.25) is 5.91 Å². The van der Waals surface area contributed by atoms with Crippen molar-refractivity contribution in [2.75, 3.05) is 32.8 Å². The Morgan fingerprint density at radius 3 is 2.56 bits per heavy atom. The molecule has 1 fully saturated rings. The third kappa shape index (κ3) is 4.55. The fourth-order valence-corrected chi connectivity index (χ4v) is 2.03. The molecule has 0 aliphatic carbocycles. The first-order chi connectivity index (χ1) is 8.56. The lowest BCUT2D eigenvalue weighted by Gasteiger charge is -2.32. The highest BCUT2D eigenvalue weighted by molar-refractivity contribution is 5.81. The molecule has 0 radical (unpaired) electrons. The van der Waals surface area contributed by atoms with Crippen LogP contribution in [-0.4, -0.2) is 55.7 Å².